The van der Waals surface area contributed by atoms with Crippen molar-refractivity contribution in [1.29, 1.82) is 0 Å². The molecule has 168 valence electrons. The van der Waals surface area contributed by atoms with Crippen LogP contribution in [-0.2, 0) is 14.3 Å². The second-order valence-corrected chi connectivity index (χ2v) is 8.86. The Labute approximate surface area is 185 Å². The van der Waals surface area contributed by atoms with E-state index in [0.29, 0.717) is 6.42 Å². The molecule has 1 aliphatic heterocycles. The van der Waals surface area contributed by atoms with Crippen molar-refractivity contribution in [2.45, 2.75) is 63.1 Å². The number of hydrogen-bond donors (Lipinski definition) is 5. The highest BCUT2D eigenvalue weighted by molar-refractivity contribution is 7.96. The molecule has 10 heteroatoms. The summed E-state index contributed by atoms with van der Waals surface area (Å²) >= 11 is 9.62. The third kappa shape index (κ3) is 4.46. The highest BCUT2D eigenvalue weighted by Gasteiger charge is 2.61. The number of aliphatic hydroxyl groups excluding tert-OH is 1. The van der Waals surface area contributed by atoms with Crippen LogP contribution in [0.2, 0.25) is 0 Å². The van der Waals surface area contributed by atoms with Gasteiger partial charge in [0.1, 0.15) is 18.0 Å². The van der Waals surface area contributed by atoms with Gasteiger partial charge in [0.25, 0.3) is 0 Å². The average molecular weight is 463 g/mol. The Balaban J connectivity index is 2.44. The van der Waals surface area contributed by atoms with Gasteiger partial charge in [-0.05, 0) is 38.0 Å². The van der Waals surface area contributed by atoms with E-state index in [1.807, 2.05) is 6.92 Å². The van der Waals surface area contributed by atoms with E-state index in [9.17, 15) is 30.0 Å². The maximum absolute atomic E-state index is 12.5. The smallest absolute Gasteiger partial charge is 0.364 e. The topological polar surface area (TPSA) is 134 Å². The van der Waals surface area contributed by atoms with E-state index in [1.54, 1.807) is 6.92 Å². The van der Waals surface area contributed by atoms with E-state index in [0.717, 1.165) is 6.92 Å². The fraction of sp³-hybridized carbons (Fsp3) is 0.600. The number of Topliss-reactive ketones (excluding diaryl/α,β-unsaturated/α-hetero) is 1. The summed E-state index contributed by atoms with van der Waals surface area (Å²) in [7, 11) is 0. The maximum Gasteiger partial charge on any atom is 0.364 e. The van der Waals surface area contributed by atoms with Gasteiger partial charge >= 0.3 is 5.30 Å². The van der Waals surface area contributed by atoms with Gasteiger partial charge in [-0.2, -0.15) is 0 Å². The van der Waals surface area contributed by atoms with Crippen LogP contribution in [0.4, 0.5) is 4.79 Å². The van der Waals surface area contributed by atoms with Gasteiger partial charge in [0, 0.05) is 5.57 Å². The van der Waals surface area contributed by atoms with Crippen LogP contribution in [0.1, 0.15) is 34.1 Å². The monoisotopic (exact) mass is 462 g/mol. The molecule has 0 amide bonds. The molecule has 0 aromatic rings. The Morgan fingerprint density at radius 1 is 1.53 bits per heavy atom. The zero-order valence-corrected chi connectivity index (χ0v) is 18.8. The Morgan fingerprint density at radius 2 is 2.13 bits per heavy atom. The summed E-state index contributed by atoms with van der Waals surface area (Å²) in [6.45, 7) is 5.70. The van der Waals surface area contributed by atoms with Gasteiger partial charge in [0.05, 0.1) is 11.1 Å². The van der Waals surface area contributed by atoms with E-state index < -0.39 is 51.7 Å². The minimum atomic E-state index is -2.30. The Bertz CT molecular complexity index is 816. The normalized spacial score (nSPS) is 33.3. The van der Waals surface area contributed by atoms with Gasteiger partial charge in [-0.15, -0.1) is 0 Å². The van der Waals surface area contributed by atoms with E-state index in [-0.39, 0.29) is 17.3 Å². The second kappa shape index (κ2) is 8.64. The Hall–Kier alpha value is -1.36. The molecule has 0 aromatic carbocycles. The van der Waals surface area contributed by atoms with Crippen LogP contribution in [0.15, 0.2) is 34.6 Å². The van der Waals surface area contributed by atoms with Crippen LogP contribution in [0.3, 0.4) is 0 Å². The predicted molar refractivity (Wildman–Crippen MR) is 112 cm³/mol. The predicted octanol–water partition coefficient (Wildman–Crippen LogP) is 1.61. The number of carbonyl (C=O) groups is 2. The third-order valence-corrected chi connectivity index (χ3v) is 6.12. The molecule has 0 radical (unpaired) electrons. The molecule has 0 bridgehead atoms. The Kier molecular flexibility index (Phi) is 7.18. The molecule has 8 nitrogen and oxygen atoms in total. The quantitative estimate of drug-likeness (QED) is 0.297. The van der Waals surface area contributed by atoms with Gasteiger partial charge in [-0.25, -0.2) is 4.79 Å². The van der Waals surface area contributed by atoms with Crippen molar-refractivity contribution < 1.29 is 39.5 Å². The minimum absolute atomic E-state index is 0.103. The van der Waals surface area contributed by atoms with Crippen molar-refractivity contribution in [3.63, 3.8) is 0 Å². The van der Waals surface area contributed by atoms with E-state index >= 15 is 0 Å². The molecule has 0 aromatic heterocycles. The number of halogens is 1. The number of rotatable bonds is 6. The van der Waals surface area contributed by atoms with E-state index in [4.69, 9.17) is 21.1 Å². The average Bonchev–Trinajstić information content (AvgIpc) is 2.67. The van der Waals surface area contributed by atoms with E-state index in [1.165, 1.54) is 25.2 Å². The molecule has 0 saturated heterocycles. The molecule has 1 heterocycles. The fourth-order valence-corrected chi connectivity index (χ4v) is 4.05. The number of fused-ring (bicyclic) bond motifs is 1. The largest absolute Gasteiger partial charge is 0.490 e. The lowest BCUT2D eigenvalue weighted by Crippen LogP contribution is -2.66. The first kappa shape index (κ1) is 24.9. The summed E-state index contributed by atoms with van der Waals surface area (Å²) in [5, 5.41) is 41.0. The van der Waals surface area contributed by atoms with Gasteiger partial charge in [-0.3, -0.25) is 4.79 Å². The Morgan fingerprint density at radius 3 is 2.67 bits per heavy atom. The summed E-state index contributed by atoms with van der Waals surface area (Å²) in [5.41, 5.74) is -6.08. The maximum atomic E-state index is 12.5. The van der Waals surface area contributed by atoms with Crippen LogP contribution in [-0.4, -0.2) is 67.1 Å². The summed E-state index contributed by atoms with van der Waals surface area (Å²) in [6, 6.07) is 0. The molecular weight excluding hydrogens is 436 g/mol. The van der Waals surface area contributed by atoms with Crippen molar-refractivity contribution in [2.75, 3.05) is 6.61 Å². The molecule has 0 saturated carbocycles. The van der Waals surface area contributed by atoms with E-state index in [2.05, 4.69) is 12.6 Å². The molecule has 30 heavy (non-hydrogen) atoms. The van der Waals surface area contributed by atoms with Crippen LogP contribution < -0.4 is 0 Å². The second-order valence-electron chi connectivity index (χ2n) is 8.12. The van der Waals surface area contributed by atoms with Crippen LogP contribution in [0.25, 0.3) is 0 Å². The van der Waals surface area contributed by atoms with Crippen LogP contribution >= 0.6 is 24.2 Å². The lowest BCUT2D eigenvalue weighted by Gasteiger charge is -2.47. The lowest BCUT2D eigenvalue weighted by atomic mass is 9.71. The SMILES string of the molecule is CCC(C)C(O)C(C)(O)/C=C/C1=CC2=C(Cl)C(=O)C(C)(O)C(OC(=O)S)C2(O)CO1. The number of carbonyl (C=O) groups excluding carboxylic acids is 2. The van der Waals surface area contributed by atoms with Crippen molar-refractivity contribution >= 4 is 35.3 Å². The van der Waals surface area contributed by atoms with Gasteiger partial charge in [0.15, 0.2) is 17.3 Å². The van der Waals surface area contributed by atoms with Crippen molar-refractivity contribution in [3.05, 3.63) is 34.6 Å². The van der Waals surface area contributed by atoms with Crippen molar-refractivity contribution in [2.24, 2.45) is 5.92 Å². The third-order valence-electron chi connectivity index (χ3n) is 5.64. The molecule has 6 atom stereocenters. The number of ether oxygens (including phenoxy) is 2. The fourth-order valence-electron chi connectivity index (χ4n) is 3.54. The molecule has 4 N–H and O–H groups in total. The summed E-state index contributed by atoms with van der Waals surface area (Å²) in [5.74, 6) is -0.970. The molecule has 0 spiro atoms. The highest BCUT2D eigenvalue weighted by Crippen LogP contribution is 2.44. The molecular formula is C20H27ClO8S. The first-order valence-electron chi connectivity index (χ1n) is 9.42. The van der Waals surface area contributed by atoms with Crippen molar-refractivity contribution in [3.8, 4) is 0 Å². The number of hydrogen-bond acceptors (Lipinski definition) is 8. The van der Waals surface area contributed by atoms with Crippen LogP contribution in [0.5, 0.6) is 0 Å². The molecule has 6 unspecified atom stereocenters. The van der Waals surface area contributed by atoms with Gasteiger partial charge < -0.3 is 29.9 Å². The molecule has 2 rings (SSSR count). The number of allylic oxidation sites excluding steroid dienone is 1. The standard InChI is InChI=1S/C20H27ClO8S/c1-5-10(2)14(22)18(3,25)7-6-11-8-12-13(21)15(23)19(4,26)16(29-17(24)30)20(12,27)9-28-11/h6-8,10,14,16,22,25-27H,5,9H2,1-4H3,(H,24,30)/b7-6+. The number of thiol groups is 1. The van der Waals surface area contributed by atoms with Crippen molar-refractivity contribution in [1.82, 2.24) is 0 Å². The highest BCUT2D eigenvalue weighted by atomic mass is 35.5. The van der Waals surface area contributed by atoms with Gasteiger partial charge in [0.2, 0.25) is 5.78 Å². The molecule has 2 aliphatic rings. The van der Waals surface area contributed by atoms with Crippen LogP contribution in [0, 0.1) is 5.92 Å². The first-order valence-corrected chi connectivity index (χ1v) is 10.2. The first-order chi connectivity index (χ1) is 13.7. The molecule has 0 fully saturated rings. The zero-order chi connectivity index (χ0) is 23.1. The summed E-state index contributed by atoms with van der Waals surface area (Å²) in [6.07, 6.45) is 1.87. The summed E-state index contributed by atoms with van der Waals surface area (Å²) in [4.78, 5) is 23.9. The summed E-state index contributed by atoms with van der Waals surface area (Å²) < 4.78 is 10.4. The minimum Gasteiger partial charge on any atom is -0.490 e. The molecule has 1 aliphatic carbocycles. The zero-order valence-electron chi connectivity index (χ0n) is 17.1. The number of aliphatic hydroxyl groups is 4. The van der Waals surface area contributed by atoms with Gasteiger partial charge in [-0.1, -0.05) is 44.5 Å². The number of ketones is 1. The lowest BCUT2D eigenvalue weighted by molar-refractivity contribution is -0.179.